The fraction of sp³-hybridized carbons (Fsp3) is 0.333. The van der Waals surface area contributed by atoms with E-state index in [1.807, 2.05) is 6.07 Å². The molecule has 6 heteroatoms. The van der Waals surface area contributed by atoms with Crippen LogP contribution in [0.15, 0.2) is 22.7 Å². The monoisotopic (exact) mass is 333 g/mol. The fourth-order valence-corrected chi connectivity index (χ4v) is 2.02. The molecule has 1 amide bonds. The number of carbonyl (C=O) groups is 2. The lowest BCUT2D eigenvalue weighted by molar-refractivity contribution is -0.136. The van der Waals surface area contributed by atoms with E-state index in [4.69, 9.17) is 16.7 Å². The molecule has 0 bridgehead atoms. The van der Waals surface area contributed by atoms with Crippen molar-refractivity contribution < 1.29 is 14.7 Å². The Hall–Kier alpha value is -1.07. The average molecular weight is 335 g/mol. The Morgan fingerprint density at radius 2 is 2.06 bits per heavy atom. The summed E-state index contributed by atoms with van der Waals surface area (Å²) in [6.07, 6.45) is 0.797. The SMILES string of the molecule is O=C(O)CCNC(=O)CCc1cc(Cl)ccc1Br. The van der Waals surface area contributed by atoms with Crippen LogP contribution in [0.2, 0.25) is 5.02 Å². The molecule has 0 unspecified atom stereocenters. The van der Waals surface area contributed by atoms with E-state index < -0.39 is 5.97 Å². The zero-order valence-corrected chi connectivity index (χ0v) is 11.9. The van der Waals surface area contributed by atoms with E-state index in [-0.39, 0.29) is 18.9 Å². The molecule has 0 radical (unpaired) electrons. The molecule has 4 nitrogen and oxygen atoms in total. The summed E-state index contributed by atoms with van der Waals surface area (Å²) in [5, 5.41) is 11.6. The molecule has 0 aliphatic rings. The zero-order valence-electron chi connectivity index (χ0n) is 9.58. The number of halogens is 2. The first kappa shape index (κ1) is 15.0. The normalized spacial score (nSPS) is 10.1. The highest BCUT2D eigenvalue weighted by molar-refractivity contribution is 9.10. The molecular weight excluding hydrogens is 321 g/mol. The third kappa shape index (κ3) is 5.51. The van der Waals surface area contributed by atoms with Crippen molar-refractivity contribution in [2.45, 2.75) is 19.3 Å². The first-order valence-electron chi connectivity index (χ1n) is 5.41. The molecule has 98 valence electrons. The second kappa shape index (κ2) is 7.38. The van der Waals surface area contributed by atoms with E-state index in [1.165, 1.54) is 0 Å². The minimum atomic E-state index is -0.923. The second-order valence-corrected chi connectivity index (χ2v) is 5.02. The number of nitrogens with one attached hydrogen (secondary N) is 1. The van der Waals surface area contributed by atoms with E-state index in [0.717, 1.165) is 10.0 Å². The molecule has 0 heterocycles. The molecule has 0 saturated carbocycles. The van der Waals surface area contributed by atoms with Gasteiger partial charge in [-0.05, 0) is 30.2 Å². The van der Waals surface area contributed by atoms with Gasteiger partial charge in [0.1, 0.15) is 0 Å². The van der Waals surface area contributed by atoms with Crippen molar-refractivity contribution in [1.82, 2.24) is 5.32 Å². The van der Waals surface area contributed by atoms with Gasteiger partial charge < -0.3 is 10.4 Å². The number of carbonyl (C=O) groups excluding carboxylic acids is 1. The van der Waals surface area contributed by atoms with Crippen LogP contribution >= 0.6 is 27.5 Å². The number of rotatable bonds is 6. The van der Waals surface area contributed by atoms with Gasteiger partial charge in [-0.2, -0.15) is 0 Å². The molecule has 1 rings (SSSR count). The van der Waals surface area contributed by atoms with Gasteiger partial charge in [0.05, 0.1) is 6.42 Å². The molecule has 2 N–H and O–H groups in total. The molecule has 1 aromatic carbocycles. The van der Waals surface area contributed by atoms with Crippen molar-refractivity contribution in [3.63, 3.8) is 0 Å². The molecule has 0 aliphatic carbocycles. The average Bonchev–Trinajstić information content (AvgIpc) is 2.30. The van der Waals surface area contributed by atoms with Gasteiger partial charge in [0.2, 0.25) is 5.91 Å². The predicted octanol–water partition coefficient (Wildman–Crippen LogP) is 2.63. The Labute approximate surface area is 118 Å². The van der Waals surface area contributed by atoms with Crippen LogP contribution in [0.5, 0.6) is 0 Å². The maximum atomic E-state index is 11.4. The van der Waals surface area contributed by atoms with Crippen LogP contribution < -0.4 is 5.32 Å². The highest BCUT2D eigenvalue weighted by Gasteiger charge is 2.06. The first-order chi connectivity index (χ1) is 8.49. The lowest BCUT2D eigenvalue weighted by Crippen LogP contribution is -2.26. The Bertz CT molecular complexity index is 451. The quantitative estimate of drug-likeness (QED) is 0.840. The molecular formula is C12H13BrClNO3. The summed E-state index contributed by atoms with van der Waals surface area (Å²) in [6, 6.07) is 5.40. The molecule has 0 saturated heterocycles. The van der Waals surface area contributed by atoms with Crippen LogP contribution in [0.25, 0.3) is 0 Å². The van der Waals surface area contributed by atoms with Crippen LogP contribution in [0, 0.1) is 0 Å². The number of aryl methyl sites for hydroxylation is 1. The van der Waals surface area contributed by atoms with Gasteiger partial charge in [0.25, 0.3) is 0 Å². The summed E-state index contributed by atoms with van der Waals surface area (Å²) < 4.78 is 0.908. The molecule has 1 aromatic rings. The molecule has 18 heavy (non-hydrogen) atoms. The second-order valence-electron chi connectivity index (χ2n) is 3.73. The van der Waals surface area contributed by atoms with Crippen molar-refractivity contribution in [2.75, 3.05) is 6.54 Å². The van der Waals surface area contributed by atoms with Crippen LogP contribution in [0.3, 0.4) is 0 Å². The molecule has 0 fully saturated rings. The van der Waals surface area contributed by atoms with Crippen LogP contribution in [-0.2, 0) is 16.0 Å². The summed E-state index contributed by atoms with van der Waals surface area (Å²) >= 11 is 9.25. The third-order valence-corrected chi connectivity index (χ3v) is 3.30. The number of aliphatic carboxylic acids is 1. The molecule has 0 aromatic heterocycles. The van der Waals surface area contributed by atoms with Crippen molar-refractivity contribution in [3.05, 3.63) is 33.3 Å². The summed E-state index contributed by atoms with van der Waals surface area (Å²) in [5.41, 5.74) is 0.955. The smallest absolute Gasteiger partial charge is 0.305 e. The summed E-state index contributed by atoms with van der Waals surface area (Å²) in [7, 11) is 0. The standard InChI is InChI=1S/C12H13BrClNO3/c13-10-3-2-9(14)7-8(10)1-4-11(16)15-6-5-12(17)18/h2-3,7H,1,4-6H2,(H,15,16)(H,17,18). The molecule has 0 atom stereocenters. The maximum absolute atomic E-state index is 11.4. The van der Waals surface area contributed by atoms with E-state index in [2.05, 4.69) is 21.2 Å². The predicted molar refractivity (Wildman–Crippen MR) is 72.7 cm³/mol. The number of hydrogen-bond donors (Lipinski definition) is 2. The topological polar surface area (TPSA) is 66.4 Å². The number of amides is 1. The van der Waals surface area contributed by atoms with Crippen molar-refractivity contribution in [2.24, 2.45) is 0 Å². The zero-order chi connectivity index (χ0) is 13.5. The number of hydrogen-bond acceptors (Lipinski definition) is 2. The Kier molecular flexibility index (Phi) is 6.15. The minimum Gasteiger partial charge on any atom is -0.481 e. The summed E-state index contributed by atoms with van der Waals surface area (Å²) in [4.78, 5) is 21.7. The van der Waals surface area contributed by atoms with Crippen molar-refractivity contribution >= 4 is 39.4 Å². The van der Waals surface area contributed by atoms with Crippen LogP contribution in [-0.4, -0.2) is 23.5 Å². The van der Waals surface area contributed by atoms with Gasteiger partial charge in [0.15, 0.2) is 0 Å². The Morgan fingerprint density at radius 1 is 1.33 bits per heavy atom. The highest BCUT2D eigenvalue weighted by atomic mass is 79.9. The number of carboxylic acids is 1. The number of benzene rings is 1. The maximum Gasteiger partial charge on any atom is 0.305 e. The molecule has 0 spiro atoms. The van der Waals surface area contributed by atoms with Crippen LogP contribution in [0.4, 0.5) is 0 Å². The third-order valence-electron chi connectivity index (χ3n) is 2.29. The van der Waals surface area contributed by atoms with Gasteiger partial charge in [-0.3, -0.25) is 9.59 Å². The summed E-state index contributed by atoms with van der Waals surface area (Å²) in [5.74, 6) is -1.09. The minimum absolute atomic E-state index is 0.0629. The van der Waals surface area contributed by atoms with Gasteiger partial charge in [-0.15, -0.1) is 0 Å². The Balaban J connectivity index is 2.38. The lowest BCUT2D eigenvalue weighted by atomic mass is 10.1. The molecule has 0 aliphatic heterocycles. The van der Waals surface area contributed by atoms with Gasteiger partial charge in [-0.25, -0.2) is 0 Å². The van der Waals surface area contributed by atoms with Gasteiger partial charge in [0, 0.05) is 22.5 Å². The lowest BCUT2D eigenvalue weighted by Gasteiger charge is -2.06. The van der Waals surface area contributed by atoms with Crippen molar-refractivity contribution in [3.8, 4) is 0 Å². The summed E-state index contributed by atoms with van der Waals surface area (Å²) in [6.45, 7) is 0.158. The largest absolute Gasteiger partial charge is 0.481 e. The first-order valence-corrected chi connectivity index (χ1v) is 6.58. The number of carboxylic acid groups (broad SMARTS) is 1. The van der Waals surface area contributed by atoms with E-state index >= 15 is 0 Å². The van der Waals surface area contributed by atoms with E-state index in [0.29, 0.717) is 17.9 Å². The van der Waals surface area contributed by atoms with Gasteiger partial charge in [-0.1, -0.05) is 27.5 Å². The van der Waals surface area contributed by atoms with Crippen LogP contribution in [0.1, 0.15) is 18.4 Å². The fourth-order valence-electron chi connectivity index (χ4n) is 1.38. The van der Waals surface area contributed by atoms with E-state index in [9.17, 15) is 9.59 Å². The Morgan fingerprint density at radius 3 is 2.72 bits per heavy atom. The highest BCUT2D eigenvalue weighted by Crippen LogP contribution is 2.22. The van der Waals surface area contributed by atoms with E-state index in [1.54, 1.807) is 12.1 Å². The van der Waals surface area contributed by atoms with Crippen molar-refractivity contribution in [1.29, 1.82) is 0 Å². The van der Waals surface area contributed by atoms with Gasteiger partial charge >= 0.3 is 5.97 Å².